The van der Waals surface area contributed by atoms with Gasteiger partial charge in [0.05, 0.1) is 31.8 Å². The van der Waals surface area contributed by atoms with Gasteiger partial charge >= 0.3 is 12.1 Å². The van der Waals surface area contributed by atoms with Crippen molar-refractivity contribution in [1.29, 1.82) is 0 Å². The molecule has 6 rings (SSSR count). The molecule has 8 atom stereocenters. The van der Waals surface area contributed by atoms with E-state index in [1.807, 2.05) is 57.3 Å². The van der Waals surface area contributed by atoms with E-state index < -0.39 is 29.9 Å². The minimum atomic E-state index is -1.67. The number of carbonyl (C=O) groups is 3. The minimum absolute atomic E-state index is 0.0391. The van der Waals surface area contributed by atoms with Crippen molar-refractivity contribution in [2.45, 2.75) is 83.0 Å². The molecule has 0 bridgehead atoms. The Kier molecular flexibility index (Phi) is 13.2. The molecule has 3 N–H and O–H groups in total. The van der Waals surface area contributed by atoms with E-state index in [1.165, 1.54) is 7.11 Å². The number of methoxy groups -OCH3 is 1. The highest BCUT2D eigenvalue weighted by Gasteiger charge is 2.54. The summed E-state index contributed by atoms with van der Waals surface area (Å²) in [5.41, 5.74) is 8.01. The number of aliphatic hydroxyl groups is 1. The lowest BCUT2D eigenvalue weighted by Crippen LogP contribution is -2.57. The fourth-order valence-corrected chi connectivity index (χ4v) is 8.77. The molecule has 7 unspecified atom stereocenters. The Hall–Kier alpha value is -4.33. The third-order valence-electron chi connectivity index (χ3n) is 11.8. The lowest BCUT2D eigenvalue weighted by atomic mass is 9.71. The van der Waals surface area contributed by atoms with Crippen LogP contribution in [0, 0.1) is 17.8 Å². The molecule has 0 aromatic heterocycles. The van der Waals surface area contributed by atoms with Gasteiger partial charge in [0.25, 0.3) is 0 Å². The number of amides is 1. The average molecular weight is 772 g/mol. The second-order valence-corrected chi connectivity index (χ2v) is 15.9. The number of hydrogen-bond acceptors (Lipinski definition) is 11. The first-order chi connectivity index (χ1) is 26.8. The molecule has 2 aliphatic carbocycles. The van der Waals surface area contributed by atoms with Crippen LogP contribution < -0.4 is 15.2 Å². The van der Waals surface area contributed by atoms with Crippen LogP contribution in [-0.4, -0.2) is 110 Å². The zero-order chi connectivity index (χ0) is 40.1. The number of benzene rings is 2. The van der Waals surface area contributed by atoms with Gasteiger partial charge in [0.1, 0.15) is 12.2 Å². The van der Waals surface area contributed by atoms with E-state index in [0.29, 0.717) is 67.9 Å². The van der Waals surface area contributed by atoms with Crippen molar-refractivity contribution in [3.8, 4) is 11.5 Å². The van der Waals surface area contributed by atoms with E-state index in [-0.39, 0.29) is 61.1 Å². The Balaban J connectivity index is 1.18. The van der Waals surface area contributed by atoms with Gasteiger partial charge < -0.3 is 44.3 Å². The summed E-state index contributed by atoms with van der Waals surface area (Å²) < 4.78 is 30.4. The highest BCUT2D eigenvalue weighted by molar-refractivity contribution is 6.04. The van der Waals surface area contributed by atoms with Gasteiger partial charge in [-0.15, -0.1) is 0 Å². The van der Waals surface area contributed by atoms with Crippen LogP contribution in [0.5, 0.6) is 11.5 Å². The van der Waals surface area contributed by atoms with Crippen molar-refractivity contribution >= 4 is 17.8 Å². The summed E-state index contributed by atoms with van der Waals surface area (Å²) in [6.45, 7) is 12.0. The molecule has 12 nitrogen and oxygen atoms in total. The predicted molar refractivity (Wildman–Crippen MR) is 211 cm³/mol. The number of carbonyl (C=O) groups excluding carboxylic acids is 3. The van der Waals surface area contributed by atoms with Gasteiger partial charge in [-0.2, -0.15) is 0 Å². The average Bonchev–Trinajstić information content (AvgIpc) is 3.34. The van der Waals surface area contributed by atoms with E-state index >= 15 is 0 Å². The van der Waals surface area contributed by atoms with Crippen molar-refractivity contribution in [1.82, 2.24) is 9.80 Å². The molecule has 2 aromatic carbocycles. The van der Waals surface area contributed by atoms with Gasteiger partial charge in [-0.3, -0.25) is 9.59 Å². The normalized spacial score (nSPS) is 29.7. The zero-order valence-electron chi connectivity index (χ0n) is 33.3. The Morgan fingerprint density at radius 3 is 2.54 bits per heavy atom. The smallest absolute Gasteiger partial charge is 0.415 e. The molecular weight excluding hydrogens is 714 g/mol. The van der Waals surface area contributed by atoms with Crippen LogP contribution in [0.3, 0.4) is 0 Å². The minimum Gasteiger partial charge on any atom is -0.493 e. The summed E-state index contributed by atoms with van der Waals surface area (Å²) in [5.74, 6) is -1.10. The quantitative estimate of drug-likeness (QED) is 0.248. The van der Waals surface area contributed by atoms with Crippen molar-refractivity contribution in [3.05, 3.63) is 95.1 Å². The van der Waals surface area contributed by atoms with Crippen molar-refractivity contribution in [3.63, 3.8) is 0 Å². The van der Waals surface area contributed by atoms with Crippen LogP contribution in [-0.2, 0) is 36.6 Å². The van der Waals surface area contributed by atoms with E-state index in [0.717, 1.165) is 11.1 Å². The Labute approximate surface area is 330 Å². The summed E-state index contributed by atoms with van der Waals surface area (Å²) in [5, 5.41) is 12.2. The van der Waals surface area contributed by atoms with Crippen LogP contribution in [0.15, 0.2) is 84.0 Å². The number of nitrogens with zero attached hydrogens (tertiary/aromatic N) is 2. The number of ketones is 1. The number of piperazine rings is 1. The predicted octanol–water partition coefficient (Wildman–Crippen LogP) is 5.02. The van der Waals surface area contributed by atoms with Crippen LogP contribution in [0.2, 0.25) is 0 Å². The van der Waals surface area contributed by atoms with Crippen LogP contribution in [0.25, 0.3) is 0 Å². The van der Waals surface area contributed by atoms with Gasteiger partial charge in [-0.05, 0) is 81.0 Å². The van der Waals surface area contributed by atoms with Crippen LogP contribution >= 0.6 is 0 Å². The number of likely N-dealkylation sites (N-methyl/N-ethyl adjacent to an activating group) is 1. The first-order valence-corrected chi connectivity index (χ1v) is 19.6. The maximum absolute atomic E-state index is 13.7. The van der Waals surface area contributed by atoms with Gasteiger partial charge in [-0.1, -0.05) is 60.7 Å². The molecule has 2 saturated heterocycles. The molecule has 1 amide bonds. The second kappa shape index (κ2) is 17.9. The molecule has 12 heteroatoms. The number of ether oxygens (including phenoxy) is 5. The maximum atomic E-state index is 13.7. The number of nitrogens with two attached hydrogens (primary N) is 1. The molecule has 0 saturated carbocycles. The molecule has 302 valence electrons. The van der Waals surface area contributed by atoms with Crippen molar-refractivity contribution in [2.75, 3.05) is 46.9 Å². The second-order valence-electron chi connectivity index (χ2n) is 15.9. The van der Waals surface area contributed by atoms with E-state index in [9.17, 15) is 19.5 Å². The van der Waals surface area contributed by atoms with Crippen molar-refractivity contribution in [2.24, 2.45) is 23.5 Å². The van der Waals surface area contributed by atoms with Gasteiger partial charge in [0, 0.05) is 50.9 Å². The Bertz CT molecular complexity index is 1830. The molecule has 2 heterocycles. The molecule has 0 spiro atoms. The van der Waals surface area contributed by atoms with Gasteiger partial charge in [0.15, 0.2) is 23.6 Å². The monoisotopic (exact) mass is 771 g/mol. The standard InChI is InChI=1S/C44H57N3O9/c1-27(2)37-15-13-34-35(29(4)54-41(55-37)22-30-10-8-7-9-11-30)19-32(23-44(51)36(34)18-28(3)42(44)49)26-53-40(48)21-31-12-14-38(39(20-31)52-6)56-43(50)47-17-16-46(5)25-33(47)24-45/h7-12,14,18-20,29,33-37,41,51H,1,13,15-17,21-26,45H2,2-6H3/t29-,33?,34?,35?,36?,37?,41?,44?/m0/s1. The molecule has 2 aliphatic heterocycles. The Morgan fingerprint density at radius 1 is 1.05 bits per heavy atom. The van der Waals surface area contributed by atoms with Crippen molar-refractivity contribution < 1.29 is 43.2 Å². The fourth-order valence-electron chi connectivity index (χ4n) is 8.77. The summed E-state index contributed by atoms with van der Waals surface area (Å²) in [6.07, 6.45) is 4.11. The highest BCUT2D eigenvalue weighted by Crippen LogP contribution is 2.49. The lowest BCUT2D eigenvalue weighted by Gasteiger charge is -2.38. The van der Waals surface area contributed by atoms with Gasteiger partial charge in [-0.25, -0.2) is 4.79 Å². The van der Waals surface area contributed by atoms with Gasteiger partial charge in [0.2, 0.25) is 0 Å². The largest absolute Gasteiger partial charge is 0.493 e. The summed E-state index contributed by atoms with van der Waals surface area (Å²) in [4.78, 5) is 43.9. The van der Waals surface area contributed by atoms with E-state index in [4.69, 9.17) is 29.4 Å². The summed E-state index contributed by atoms with van der Waals surface area (Å²) in [6, 6.07) is 14.8. The number of esters is 1. The first-order valence-electron chi connectivity index (χ1n) is 19.6. The third kappa shape index (κ3) is 9.27. The SMILES string of the molecule is C=C(C)C1CCC2C(C=C(COC(=O)Cc3ccc(OC(=O)N4CCN(C)CC4CN)c(OC)c3)CC3(O)C(=O)C(C)=CC23)[C@H](C)OC(Cc2ccccc2)O1. The fraction of sp³-hybridized carbons (Fsp3) is 0.523. The topological polar surface area (TPSA) is 150 Å². The number of hydrogen-bond donors (Lipinski definition) is 2. The molecule has 2 fully saturated rings. The lowest BCUT2D eigenvalue weighted by molar-refractivity contribution is -0.188. The molecule has 4 aliphatic rings. The first kappa shape index (κ1) is 41.3. The third-order valence-corrected chi connectivity index (χ3v) is 11.8. The summed E-state index contributed by atoms with van der Waals surface area (Å²) >= 11 is 0. The molecule has 0 radical (unpaired) electrons. The molecule has 56 heavy (non-hydrogen) atoms. The maximum Gasteiger partial charge on any atom is 0.415 e. The highest BCUT2D eigenvalue weighted by atomic mass is 16.7. The Morgan fingerprint density at radius 2 is 1.82 bits per heavy atom. The van der Waals surface area contributed by atoms with E-state index in [1.54, 1.807) is 30.0 Å². The van der Waals surface area contributed by atoms with E-state index in [2.05, 4.69) is 17.6 Å². The number of rotatable bonds is 10. The summed E-state index contributed by atoms with van der Waals surface area (Å²) in [7, 11) is 3.45. The zero-order valence-corrected chi connectivity index (χ0v) is 33.3. The molecular formula is C44H57N3O9. The molecule has 2 aromatic rings. The van der Waals surface area contributed by atoms with Crippen LogP contribution in [0.4, 0.5) is 4.79 Å². The number of Topliss-reactive ketones (excluding diaryl/α,β-unsaturated/α-hetero) is 1. The number of fused-ring (bicyclic) bond motifs is 3. The van der Waals surface area contributed by atoms with Crippen LogP contribution in [0.1, 0.15) is 51.2 Å².